The van der Waals surface area contributed by atoms with E-state index < -0.39 is 17.8 Å². The number of nitrogens with one attached hydrogen (secondary N) is 2. The molecule has 2 amide bonds. The number of methoxy groups -OCH3 is 1. The van der Waals surface area contributed by atoms with Gasteiger partial charge in [0.25, 0.3) is 0 Å². The summed E-state index contributed by atoms with van der Waals surface area (Å²) in [5, 5.41) is 9.39. The lowest BCUT2D eigenvalue weighted by molar-refractivity contribution is -0.138. The van der Waals surface area contributed by atoms with Crippen LogP contribution in [0, 0.1) is 0 Å². The zero-order chi connectivity index (χ0) is 19.4. The van der Waals surface area contributed by atoms with Crippen molar-refractivity contribution in [3.8, 4) is 0 Å². The van der Waals surface area contributed by atoms with Gasteiger partial charge in [-0.25, -0.2) is 4.79 Å². The number of aromatic nitrogens is 2. The molecule has 1 unspecified atom stereocenters. The van der Waals surface area contributed by atoms with Gasteiger partial charge in [-0.1, -0.05) is 6.07 Å². The van der Waals surface area contributed by atoms with Crippen LogP contribution in [-0.4, -0.2) is 34.8 Å². The van der Waals surface area contributed by atoms with E-state index in [1.165, 1.54) is 19.2 Å². The number of nitrogens with zero attached hydrogens (tertiary/aromatic N) is 2. The highest BCUT2D eigenvalue weighted by Gasteiger charge is 2.34. The molecule has 6 nitrogen and oxygen atoms in total. The summed E-state index contributed by atoms with van der Waals surface area (Å²) in [7, 11) is 1.34. The number of aromatic amines is 1. The number of carbonyl (C=O) groups is 1. The van der Waals surface area contributed by atoms with Crippen molar-refractivity contribution in [2.24, 2.45) is 0 Å². The van der Waals surface area contributed by atoms with Crippen molar-refractivity contribution in [2.45, 2.75) is 38.1 Å². The van der Waals surface area contributed by atoms with Crippen molar-refractivity contribution in [1.82, 2.24) is 15.1 Å². The van der Waals surface area contributed by atoms with Crippen molar-refractivity contribution < 1.29 is 22.7 Å². The van der Waals surface area contributed by atoms with E-state index in [1.54, 1.807) is 17.2 Å². The van der Waals surface area contributed by atoms with Gasteiger partial charge in [-0.3, -0.25) is 5.10 Å². The second-order valence-corrected chi connectivity index (χ2v) is 6.45. The van der Waals surface area contributed by atoms with Gasteiger partial charge in [0.05, 0.1) is 23.9 Å². The van der Waals surface area contributed by atoms with E-state index in [-0.39, 0.29) is 23.9 Å². The summed E-state index contributed by atoms with van der Waals surface area (Å²) in [5.74, 6) is 0. The molecule has 0 aliphatic carbocycles. The SMILES string of the molecule is COCc1ccc(NC(=O)N2CCCCC2c2ccn[nH]2)cc1C(F)(F)F. The molecule has 0 saturated carbocycles. The second-order valence-electron chi connectivity index (χ2n) is 6.45. The highest BCUT2D eigenvalue weighted by atomic mass is 19.4. The molecule has 2 N–H and O–H groups in total. The topological polar surface area (TPSA) is 70.2 Å². The summed E-state index contributed by atoms with van der Waals surface area (Å²) in [5.41, 5.74) is 0.125. The number of urea groups is 1. The van der Waals surface area contributed by atoms with Gasteiger partial charge in [0.15, 0.2) is 0 Å². The summed E-state index contributed by atoms with van der Waals surface area (Å²) in [6, 6.07) is 4.93. The van der Waals surface area contributed by atoms with Gasteiger partial charge in [0.2, 0.25) is 0 Å². The number of rotatable bonds is 4. The van der Waals surface area contributed by atoms with Crippen molar-refractivity contribution in [2.75, 3.05) is 19.0 Å². The third-order valence-electron chi connectivity index (χ3n) is 4.61. The average Bonchev–Trinajstić information content (AvgIpc) is 3.17. The number of likely N-dealkylation sites (tertiary alicyclic amines) is 1. The first-order chi connectivity index (χ1) is 12.9. The molecule has 1 fully saturated rings. The van der Waals surface area contributed by atoms with Gasteiger partial charge in [0.1, 0.15) is 0 Å². The third-order valence-corrected chi connectivity index (χ3v) is 4.61. The molecule has 2 aromatic rings. The summed E-state index contributed by atoms with van der Waals surface area (Å²) < 4.78 is 44.7. The van der Waals surface area contributed by atoms with Crippen LogP contribution in [0.5, 0.6) is 0 Å². The Labute approximate surface area is 154 Å². The van der Waals surface area contributed by atoms with Crippen molar-refractivity contribution in [1.29, 1.82) is 0 Å². The van der Waals surface area contributed by atoms with E-state index in [2.05, 4.69) is 15.5 Å². The second kappa shape index (κ2) is 7.99. The van der Waals surface area contributed by atoms with Crippen LogP contribution in [0.2, 0.25) is 0 Å². The van der Waals surface area contributed by atoms with Crippen LogP contribution in [0.3, 0.4) is 0 Å². The Morgan fingerprint density at radius 1 is 1.37 bits per heavy atom. The Balaban J connectivity index is 1.80. The lowest BCUT2D eigenvalue weighted by Gasteiger charge is -2.35. The van der Waals surface area contributed by atoms with Gasteiger partial charge in [0, 0.05) is 25.5 Å². The van der Waals surface area contributed by atoms with E-state index in [0.29, 0.717) is 6.54 Å². The summed E-state index contributed by atoms with van der Waals surface area (Å²) in [6.07, 6.45) is -0.325. The monoisotopic (exact) mass is 382 g/mol. The van der Waals surface area contributed by atoms with Crippen LogP contribution in [0.4, 0.5) is 23.7 Å². The molecule has 1 aromatic heterocycles. The molecule has 2 heterocycles. The Hall–Kier alpha value is -2.55. The number of benzene rings is 1. The fourth-order valence-electron chi connectivity index (χ4n) is 3.34. The Morgan fingerprint density at radius 3 is 2.85 bits per heavy atom. The highest BCUT2D eigenvalue weighted by molar-refractivity contribution is 5.89. The molecule has 1 aliphatic heterocycles. The van der Waals surface area contributed by atoms with Gasteiger partial charge in [-0.05, 0) is 43.0 Å². The van der Waals surface area contributed by atoms with Crippen LogP contribution < -0.4 is 5.32 Å². The molecule has 3 rings (SSSR count). The van der Waals surface area contributed by atoms with Gasteiger partial charge >= 0.3 is 12.2 Å². The molecule has 1 atom stereocenters. The molecule has 0 radical (unpaired) electrons. The summed E-state index contributed by atoms with van der Waals surface area (Å²) in [4.78, 5) is 14.4. The number of amides is 2. The largest absolute Gasteiger partial charge is 0.416 e. The third kappa shape index (κ3) is 4.41. The van der Waals surface area contributed by atoms with E-state index in [1.807, 2.05) is 0 Å². The first kappa shape index (κ1) is 19.2. The van der Waals surface area contributed by atoms with Crippen molar-refractivity contribution in [3.63, 3.8) is 0 Å². The van der Waals surface area contributed by atoms with Crippen LogP contribution in [0.25, 0.3) is 0 Å². The lowest BCUT2D eigenvalue weighted by atomic mass is 10.00. The quantitative estimate of drug-likeness (QED) is 0.827. The van der Waals surface area contributed by atoms with E-state index in [0.717, 1.165) is 31.0 Å². The van der Waals surface area contributed by atoms with Crippen LogP contribution in [-0.2, 0) is 17.5 Å². The van der Waals surface area contributed by atoms with Crippen LogP contribution in [0.15, 0.2) is 30.5 Å². The zero-order valence-corrected chi connectivity index (χ0v) is 14.8. The number of piperidine rings is 1. The Bertz CT molecular complexity index is 777. The Kier molecular flexibility index (Phi) is 5.69. The number of carbonyl (C=O) groups excluding carboxylic acids is 1. The number of anilines is 1. The normalized spacial score (nSPS) is 17.8. The maximum atomic E-state index is 13.3. The van der Waals surface area contributed by atoms with Crippen LogP contribution >= 0.6 is 0 Å². The molecule has 1 aliphatic rings. The summed E-state index contributed by atoms with van der Waals surface area (Å²) in [6.45, 7) is 0.375. The van der Waals surface area contributed by atoms with E-state index in [4.69, 9.17) is 4.74 Å². The fourth-order valence-corrected chi connectivity index (χ4v) is 3.34. The van der Waals surface area contributed by atoms with Crippen LogP contribution in [0.1, 0.15) is 42.1 Å². The number of hydrogen-bond acceptors (Lipinski definition) is 3. The number of halogens is 3. The predicted octanol–water partition coefficient (Wildman–Crippen LogP) is 4.33. The number of H-pyrrole nitrogens is 1. The van der Waals surface area contributed by atoms with E-state index in [9.17, 15) is 18.0 Å². The standard InChI is InChI=1S/C18H21F3N4O2/c1-27-11-12-5-6-13(10-14(12)18(19,20)21)23-17(26)25-9-3-2-4-16(25)15-7-8-22-24-15/h5-8,10,16H,2-4,9,11H2,1H3,(H,22,24)(H,23,26). The summed E-state index contributed by atoms with van der Waals surface area (Å²) >= 11 is 0. The molecule has 1 aromatic carbocycles. The molecule has 146 valence electrons. The zero-order valence-electron chi connectivity index (χ0n) is 14.8. The number of alkyl halides is 3. The minimum atomic E-state index is -4.53. The van der Waals surface area contributed by atoms with Gasteiger partial charge in [-0.15, -0.1) is 0 Å². The molecular weight excluding hydrogens is 361 g/mol. The predicted molar refractivity (Wildman–Crippen MR) is 93.1 cm³/mol. The van der Waals surface area contributed by atoms with Gasteiger partial charge in [-0.2, -0.15) is 18.3 Å². The highest BCUT2D eigenvalue weighted by Crippen LogP contribution is 2.35. The molecule has 9 heteroatoms. The minimum absolute atomic E-state index is 0.0244. The minimum Gasteiger partial charge on any atom is -0.380 e. The first-order valence-electron chi connectivity index (χ1n) is 8.66. The number of hydrogen-bond donors (Lipinski definition) is 2. The molecule has 0 spiro atoms. The maximum Gasteiger partial charge on any atom is 0.416 e. The molecular formula is C18H21F3N4O2. The first-order valence-corrected chi connectivity index (χ1v) is 8.66. The maximum absolute atomic E-state index is 13.3. The van der Waals surface area contributed by atoms with Gasteiger partial charge < -0.3 is 15.0 Å². The van der Waals surface area contributed by atoms with Crippen molar-refractivity contribution >= 4 is 11.7 Å². The Morgan fingerprint density at radius 2 is 2.19 bits per heavy atom. The smallest absolute Gasteiger partial charge is 0.380 e. The molecule has 27 heavy (non-hydrogen) atoms. The average molecular weight is 382 g/mol. The molecule has 0 bridgehead atoms. The number of ether oxygens (including phenoxy) is 1. The van der Waals surface area contributed by atoms with Crippen molar-refractivity contribution in [3.05, 3.63) is 47.3 Å². The van der Waals surface area contributed by atoms with E-state index >= 15 is 0 Å². The molecule has 1 saturated heterocycles. The lowest BCUT2D eigenvalue weighted by Crippen LogP contribution is -2.41. The fraction of sp³-hybridized carbons (Fsp3) is 0.444.